The number of nitrogens with one attached hydrogen (secondary N) is 1. The van der Waals surface area contributed by atoms with Crippen LogP contribution >= 0.6 is 11.3 Å². The van der Waals surface area contributed by atoms with Gasteiger partial charge in [0.1, 0.15) is 16.5 Å². The van der Waals surface area contributed by atoms with Crippen molar-refractivity contribution in [3.63, 3.8) is 0 Å². The molecule has 0 atom stereocenters. The molecule has 0 fully saturated rings. The second kappa shape index (κ2) is 9.58. The van der Waals surface area contributed by atoms with Crippen LogP contribution < -0.4 is 10.1 Å². The number of ether oxygens (including phenoxy) is 2. The number of aliphatic hydroxyl groups excluding tert-OH is 1. The van der Waals surface area contributed by atoms with Gasteiger partial charge in [-0.2, -0.15) is 0 Å². The minimum Gasteiger partial charge on any atom is -0.507 e. The van der Waals surface area contributed by atoms with Crippen molar-refractivity contribution in [2.45, 2.75) is 32.6 Å². The van der Waals surface area contributed by atoms with Gasteiger partial charge in [-0.15, -0.1) is 11.3 Å². The summed E-state index contributed by atoms with van der Waals surface area (Å²) in [5.74, 6) is -2.10. The average molecular weight is 429 g/mol. The van der Waals surface area contributed by atoms with Gasteiger partial charge in [-0.25, -0.2) is 4.79 Å². The highest BCUT2D eigenvalue weighted by Crippen LogP contribution is 2.38. The number of carbonyl (C=O) groups excluding carboxylic acids is 3. The van der Waals surface area contributed by atoms with Crippen LogP contribution in [0.25, 0.3) is 5.76 Å². The van der Waals surface area contributed by atoms with Gasteiger partial charge in [-0.1, -0.05) is 0 Å². The molecule has 1 amide bonds. The van der Waals surface area contributed by atoms with Gasteiger partial charge in [0.25, 0.3) is 5.91 Å². The van der Waals surface area contributed by atoms with Crippen molar-refractivity contribution in [2.75, 3.05) is 19.0 Å². The van der Waals surface area contributed by atoms with Crippen molar-refractivity contribution in [3.8, 4) is 5.75 Å². The molecule has 0 aliphatic heterocycles. The number of benzene rings is 1. The topological polar surface area (TPSA) is 102 Å². The van der Waals surface area contributed by atoms with E-state index in [1.54, 1.807) is 31.2 Å². The van der Waals surface area contributed by atoms with Crippen molar-refractivity contribution >= 4 is 39.8 Å². The molecule has 1 aromatic carbocycles. The van der Waals surface area contributed by atoms with Crippen molar-refractivity contribution in [1.29, 1.82) is 0 Å². The van der Waals surface area contributed by atoms with E-state index in [0.29, 0.717) is 21.9 Å². The number of hydrogen-bond acceptors (Lipinski definition) is 7. The highest BCUT2D eigenvalue weighted by Gasteiger charge is 2.28. The molecule has 30 heavy (non-hydrogen) atoms. The summed E-state index contributed by atoms with van der Waals surface area (Å²) in [4.78, 5) is 38.2. The van der Waals surface area contributed by atoms with Crippen LogP contribution in [0.2, 0.25) is 0 Å². The minimum absolute atomic E-state index is 0.217. The monoisotopic (exact) mass is 429 g/mol. The number of esters is 1. The summed E-state index contributed by atoms with van der Waals surface area (Å²) < 4.78 is 10.2. The van der Waals surface area contributed by atoms with Gasteiger partial charge in [-0.3, -0.25) is 9.59 Å². The molecule has 2 N–H and O–H groups in total. The molecule has 0 unspecified atom stereocenters. The zero-order valence-electron chi connectivity index (χ0n) is 16.8. The van der Waals surface area contributed by atoms with Crippen LogP contribution in [0, 0.1) is 0 Å². The van der Waals surface area contributed by atoms with E-state index >= 15 is 0 Å². The first-order chi connectivity index (χ1) is 14.4. The van der Waals surface area contributed by atoms with E-state index in [1.807, 2.05) is 0 Å². The maximum Gasteiger partial charge on any atom is 0.341 e. The normalized spacial score (nSPS) is 13.3. The third-order valence-corrected chi connectivity index (χ3v) is 5.96. The molecule has 2 aromatic rings. The lowest BCUT2D eigenvalue weighted by molar-refractivity contribution is -0.131. The lowest BCUT2D eigenvalue weighted by Crippen LogP contribution is -2.22. The predicted octanol–water partition coefficient (Wildman–Crippen LogP) is 3.92. The quantitative estimate of drug-likeness (QED) is 0.299. The first-order valence-electron chi connectivity index (χ1n) is 9.66. The molecular formula is C22H23NO6S. The molecule has 3 rings (SSSR count). The number of amides is 1. The Morgan fingerprint density at radius 1 is 1.17 bits per heavy atom. The molecule has 0 spiro atoms. The van der Waals surface area contributed by atoms with Gasteiger partial charge in [0.05, 0.1) is 19.3 Å². The Labute approximate surface area is 178 Å². The minimum atomic E-state index is -0.931. The van der Waals surface area contributed by atoms with Crippen LogP contribution in [-0.2, 0) is 27.2 Å². The number of aryl methyl sites for hydroxylation is 1. The number of rotatable bonds is 7. The largest absolute Gasteiger partial charge is 0.507 e. The van der Waals surface area contributed by atoms with E-state index < -0.39 is 17.7 Å². The first-order valence-corrected chi connectivity index (χ1v) is 10.5. The van der Waals surface area contributed by atoms with E-state index in [-0.39, 0.29) is 12.4 Å². The van der Waals surface area contributed by atoms with Gasteiger partial charge in [0.2, 0.25) is 5.78 Å². The standard InChI is InChI=1S/C22H23NO6S/c1-3-29-22(27)19-15-6-4-5-7-18(15)30-21(19)23-20(26)17(25)12-16(24)13-8-10-14(28-2)11-9-13/h8-12,24H,3-7H2,1-2H3,(H,23,26)/b16-12-. The van der Waals surface area contributed by atoms with Crippen LogP contribution in [0.4, 0.5) is 5.00 Å². The summed E-state index contributed by atoms with van der Waals surface area (Å²) in [6.07, 6.45) is 4.40. The summed E-state index contributed by atoms with van der Waals surface area (Å²) in [7, 11) is 1.52. The number of carbonyl (C=O) groups is 3. The van der Waals surface area contributed by atoms with Gasteiger partial charge >= 0.3 is 5.97 Å². The number of ketones is 1. The van der Waals surface area contributed by atoms with Crippen molar-refractivity contribution < 1.29 is 29.0 Å². The summed E-state index contributed by atoms with van der Waals surface area (Å²) in [5, 5.41) is 13.0. The fraction of sp³-hybridized carbons (Fsp3) is 0.318. The van der Waals surface area contributed by atoms with E-state index in [9.17, 15) is 19.5 Å². The van der Waals surface area contributed by atoms with E-state index in [2.05, 4.69) is 5.32 Å². The molecule has 1 heterocycles. The third-order valence-electron chi connectivity index (χ3n) is 4.76. The number of aliphatic hydroxyl groups is 1. The first kappa shape index (κ1) is 21.6. The molecule has 0 saturated heterocycles. The molecule has 0 radical (unpaired) electrons. The van der Waals surface area contributed by atoms with Crippen molar-refractivity contribution in [1.82, 2.24) is 0 Å². The van der Waals surface area contributed by atoms with E-state index in [0.717, 1.165) is 42.2 Å². The Morgan fingerprint density at radius 3 is 2.53 bits per heavy atom. The molecule has 0 saturated carbocycles. The molecule has 1 aliphatic rings. The smallest absolute Gasteiger partial charge is 0.341 e. The van der Waals surface area contributed by atoms with Crippen LogP contribution in [-0.4, -0.2) is 36.5 Å². The molecular weight excluding hydrogens is 406 g/mol. The zero-order chi connectivity index (χ0) is 21.7. The number of anilines is 1. The fourth-order valence-electron chi connectivity index (χ4n) is 3.27. The van der Waals surface area contributed by atoms with Crippen LogP contribution in [0.3, 0.4) is 0 Å². The van der Waals surface area contributed by atoms with Crippen LogP contribution in [0.15, 0.2) is 30.3 Å². The van der Waals surface area contributed by atoms with Gasteiger partial charge in [0.15, 0.2) is 0 Å². The Kier molecular flexibility index (Phi) is 6.89. The Hall–Kier alpha value is -3.13. The maximum atomic E-state index is 12.5. The average Bonchev–Trinajstić information content (AvgIpc) is 3.11. The summed E-state index contributed by atoms with van der Waals surface area (Å²) in [6, 6.07) is 6.40. The molecule has 158 valence electrons. The Bertz CT molecular complexity index is 990. The Balaban J connectivity index is 1.80. The zero-order valence-corrected chi connectivity index (χ0v) is 17.6. The van der Waals surface area contributed by atoms with Crippen molar-refractivity contribution in [2.24, 2.45) is 0 Å². The maximum absolute atomic E-state index is 12.5. The highest BCUT2D eigenvalue weighted by molar-refractivity contribution is 7.17. The number of hydrogen-bond donors (Lipinski definition) is 2. The number of thiophene rings is 1. The second-order valence-corrected chi connectivity index (χ2v) is 7.82. The third kappa shape index (κ3) is 4.71. The van der Waals surface area contributed by atoms with Gasteiger partial charge in [0, 0.05) is 16.5 Å². The van der Waals surface area contributed by atoms with Crippen LogP contribution in [0.5, 0.6) is 5.75 Å². The molecule has 1 aliphatic carbocycles. The number of methoxy groups -OCH3 is 1. The summed E-state index contributed by atoms with van der Waals surface area (Å²) in [5.41, 5.74) is 1.60. The number of fused-ring (bicyclic) bond motifs is 1. The molecule has 8 heteroatoms. The highest BCUT2D eigenvalue weighted by atomic mass is 32.1. The SMILES string of the molecule is CCOC(=O)c1c(NC(=O)C(=O)/C=C(\O)c2ccc(OC)cc2)sc2c1CCCC2. The lowest BCUT2D eigenvalue weighted by atomic mass is 9.95. The fourth-order valence-corrected chi connectivity index (χ4v) is 4.55. The summed E-state index contributed by atoms with van der Waals surface area (Å²) in [6.45, 7) is 1.93. The van der Waals surface area contributed by atoms with Gasteiger partial charge < -0.3 is 19.9 Å². The van der Waals surface area contributed by atoms with E-state index in [1.165, 1.54) is 18.4 Å². The molecule has 0 bridgehead atoms. The Morgan fingerprint density at radius 2 is 1.87 bits per heavy atom. The predicted molar refractivity (Wildman–Crippen MR) is 114 cm³/mol. The van der Waals surface area contributed by atoms with E-state index in [4.69, 9.17) is 9.47 Å². The lowest BCUT2D eigenvalue weighted by Gasteiger charge is -2.12. The van der Waals surface area contributed by atoms with Gasteiger partial charge in [-0.05, 0) is 62.4 Å². The van der Waals surface area contributed by atoms with Crippen molar-refractivity contribution in [3.05, 3.63) is 51.9 Å². The molecule has 1 aromatic heterocycles. The molecule has 7 nitrogen and oxygen atoms in total. The van der Waals surface area contributed by atoms with Crippen LogP contribution in [0.1, 0.15) is 46.1 Å². The second-order valence-electron chi connectivity index (χ2n) is 6.71. The summed E-state index contributed by atoms with van der Waals surface area (Å²) >= 11 is 1.30.